The number of rotatable bonds is 3. The molecule has 18 heavy (non-hydrogen) atoms. The zero-order valence-corrected chi connectivity index (χ0v) is 12.2. The van der Waals surface area contributed by atoms with Gasteiger partial charge in [0.2, 0.25) is 0 Å². The van der Waals surface area contributed by atoms with E-state index in [1.807, 2.05) is 12.3 Å². The van der Waals surface area contributed by atoms with E-state index in [2.05, 4.69) is 68.2 Å². The molecule has 0 unspecified atom stereocenters. The lowest BCUT2D eigenvalue weighted by Crippen LogP contribution is -2.16. The van der Waals surface area contributed by atoms with Crippen LogP contribution in [0.2, 0.25) is 19.6 Å². The SMILES string of the molecule is C[Si](C)(C)/N=C\c1ccccc1-c1ccccc1. The molecule has 0 fully saturated rings. The lowest BCUT2D eigenvalue weighted by Gasteiger charge is -2.10. The summed E-state index contributed by atoms with van der Waals surface area (Å²) in [6, 6.07) is 18.9. The third-order valence-corrected chi connectivity index (χ3v) is 3.54. The Hall–Kier alpha value is -1.67. The highest BCUT2D eigenvalue weighted by molar-refractivity contribution is 6.75. The summed E-state index contributed by atoms with van der Waals surface area (Å²) in [5, 5.41) is 0. The molecule has 92 valence electrons. The monoisotopic (exact) mass is 253 g/mol. The predicted molar refractivity (Wildman–Crippen MR) is 82.8 cm³/mol. The first-order valence-corrected chi connectivity index (χ1v) is 9.71. The third-order valence-electron chi connectivity index (χ3n) is 2.64. The summed E-state index contributed by atoms with van der Waals surface area (Å²) in [4.78, 5) is 0. The highest BCUT2D eigenvalue weighted by atomic mass is 28.3. The van der Waals surface area contributed by atoms with Gasteiger partial charge in [-0.15, -0.1) is 0 Å². The van der Waals surface area contributed by atoms with Crippen LogP contribution in [0.4, 0.5) is 0 Å². The average Bonchev–Trinajstić information content (AvgIpc) is 2.37. The van der Waals surface area contributed by atoms with Crippen LogP contribution in [0, 0.1) is 0 Å². The molecule has 0 amide bonds. The van der Waals surface area contributed by atoms with Gasteiger partial charge in [-0.2, -0.15) is 0 Å². The molecule has 2 rings (SSSR count). The molecule has 0 aliphatic rings. The Balaban J connectivity index is 2.41. The largest absolute Gasteiger partial charge is 0.329 e. The lowest BCUT2D eigenvalue weighted by atomic mass is 10.0. The highest BCUT2D eigenvalue weighted by Crippen LogP contribution is 2.22. The highest BCUT2D eigenvalue weighted by Gasteiger charge is 2.10. The second kappa shape index (κ2) is 5.32. The Labute approximate surface area is 110 Å². The molecule has 0 N–H and O–H groups in total. The third kappa shape index (κ3) is 3.41. The van der Waals surface area contributed by atoms with E-state index in [1.54, 1.807) is 0 Å². The Morgan fingerprint density at radius 2 is 1.44 bits per heavy atom. The van der Waals surface area contributed by atoms with Gasteiger partial charge in [-0.05, 0) is 36.3 Å². The molecular weight excluding hydrogens is 234 g/mol. The van der Waals surface area contributed by atoms with Crippen LogP contribution >= 0.6 is 0 Å². The van der Waals surface area contributed by atoms with Gasteiger partial charge in [0.05, 0.1) is 0 Å². The van der Waals surface area contributed by atoms with Crippen LogP contribution in [0.3, 0.4) is 0 Å². The van der Waals surface area contributed by atoms with Gasteiger partial charge in [0.15, 0.2) is 8.24 Å². The van der Waals surface area contributed by atoms with Crippen molar-refractivity contribution in [1.82, 2.24) is 0 Å². The summed E-state index contributed by atoms with van der Waals surface area (Å²) in [6.07, 6.45) is 2.04. The summed E-state index contributed by atoms with van der Waals surface area (Å²) in [5.41, 5.74) is 3.70. The molecule has 0 saturated heterocycles. The smallest absolute Gasteiger partial charge is 0.172 e. The van der Waals surface area contributed by atoms with Crippen molar-refractivity contribution in [2.45, 2.75) is 19.6 Å². The molecule has 0 atom stereocenters. The molecule has 2 aromatic carbocycles. The van der Waals surface area contributed by atoms with Crippen LogP contribution in [0.25, 0.3) is 11.1 Å². The Kier molecular flexibility index (Phi) is 3.77. The van der Waals surface area contributed by atoms with E-state index in [-0.39, 0.29) is 0 Å². The first-order valence-electron chi connectivity index (χ1n) is 6.26. The van der Waals surface area contributed by atoms with E-state index in [1.165, 1.54) is 16.7 Å². The van der Waals surface area contributed by atoms with E-state index in [0.717, 1.165) is 0 Å². The molecule has 0 heterocycles. The summed E-state index contributed by atoms with van der Waals surface area (Å²) < 4.78 is 4.73. The minimum atomic E-state index is -1.39. The number of hydrogen-bond acceptors (Lipinski definition) is 1. The summed E-state index contributed by atoms with van der Waals surface area (Å²) in [5.74, 6) is 0. The molecular formula is C16H19NSi. The van der Waals surface area contributed by atoms with E-state index < -0.39 is 8.24 Å². The minimum Gasteiger partial charge on any atom is -0.329 e. The molecule has 0 spiro atoms. The molecule has 2 heteroatoms. The zero-order chi connectivity index (χ0) is 13.0. The van der Waals surface area contributed by atoms with Crippen LogP contribution in [0.5, 0.6) is 0 Å². The summed E-state index contributed by atoms with van der Waals surface area (Å²) >= 11 is 0. The van der Waals surface area contributed by atoms with Crippen molar-refractivity contribution < 1.29 is 0 Å². The second-order valence-electron chi connectivity index (χ2n) is 5.38. The molecule has 0 radical (unpaired) electrons. The molecule has 0 aliphatic heterocycles. The van der Waals surface area contributed by atoms with Gasteiger partial charge in [0, 0.05) is 6.21 Å². The number of hydrogen-bond donors (Lipinski definition) is 0. The predicted octanol–water partition coefficient (Wildman–Crippen LogP) is 4.61. The van der Waals surface area contributed by atoms with Gasteiger partial charge < -0.3 is 4.66 Å². The van der Waals surface area contributed by atoms with Crippen LogP contribution in [0.15, 0.2) is 59.3 Å². The maximum Gasteiger partial charge on any atom is 0.172 e. The second-order valence-corrected chi connectivity index (χ2v) is 9.98. The Bertz CT molecular complexity index is 539. The Morgan fingerprint density at radius 3 is 2.11 bits per heavy atom. The van der Waals surface area contributed by atoms with E-state index in [0.29, 0.717) is 0 Å². The standard InChI is InChI=1S/C16H19NSi/c1-18(2,3)17-13-15-11-7-8-12-16(15)14-9-5-4-6-10-14/h4-13H,1-3H3/b17-13-. The molecule has 2 aromatic rings. The van der Waals surface area contributed by atoms with E-state index in [9.17, 15) is 0 Å². The first-order chi connectivity index (χ1) is 8.56. The van der Waals surface area contributed by atoms with Gasteiger partial charge >= 0.3 is 0 Å². The molecule has 0 saturated carbocycles. The fourth-order valence-corrected chi connectivity index (χ4v) is 2.28. The van der Waals surface area contributed by atoms with Crippen molar-refractivity contribution >= 4 is 14.5 Å². The maximum atomic E-state index is 4.73. The molecule has 1 nitrogen and oxygen atoms in total. The van der Waals surface area contributed by atoms with Crippen LogP contribution in [0.1, 0.15) is 5.56 Å². The van der Waals surface area contributed by atoms with Gasteiger partial charge in [-0.3, -0.25) is 0 Å². The van der Waals surface area contributed by atoms with Gasteiger partial charge in [-0.25, -0.2) is 0 Å². The van der Waals surface area contributed by atoms with Crippen LogP contribution < -0.4 is 0 Å². The van der Waals surface area contributed by atoms with Crippen molar-refractivity contribution in [2.75, 3.05) is 0 Å². The van der Waals surface area contributed by atoms with Gasteiger partial charge in [0.1, 0.15) is 0 Å². The van der Waals surface area contributed by atoms with Crippen LogP contribution in [-0.4, -0.2) is 14.5 Å². The minimum absolute atomic E-state index is 1.20. The van der Waals surface area contributed by atoms with Crippen molar-refractivity contribution in [3.05, 3.63) is 60.2 Å². The van der Waals surface area contributed by atoms with Gasteiger partial charge in [0.25, 0.3) is 0 Å². The average molecular weight is 253 g/mol. The van der Waals surface area contributed by atoms with Crippen LogP contribution in [-0.2, 0) is 0 Å². The quantitative estimate of drug-likeness (QED) is 0.559. The fraction of sp³-hybridized carbons (Fsp3) is 0.188. The lowest BCUT2D eigenvalue weighted by molar-refractivity contribution is 1.55. The molecule has 0 bridgehead atoms. The van der Waals surface area contributed by atoms with E-state index >= 15 is 0 Å². The zero-order valence-electron chi connectivity index (χ0n) is 11.2. The van der Waals surface area contributed by atoms with Crippen molar-refractivity contribution in [3.8, 4) is 11.1 Å². The van der Waals surface area contributed by atoms with Crippen molar-refractivity contribution in [3.63, 3.8) is 0 Å². The summed E-state index contributed by atoms with van der Waals surface area (Å²) in [7, 11) is -1.39. The number of benzene rings is 2. The van der Waals surface area contributed by atoms with Gasteiger partial charge in [-0.1, -0.05) is 54.6 Å². The molecule has 0 aliphatic carbocycles. The molecule has 0 aromatic heterocycles. The van der Waals surface area contributed by atoms with E-state index in [4.69, 9.17) is 4.66 Å². The first kappa shape index (κ1) is 12.8. The van der Waals surface area contributed by atoms with Crippen molar-refractivity contribution in [1.29, 1.82) is 0 Å². The number of nitrogens with zero attached hydrogens (tertiary/aromatic N) is 1. The fourth-order valence-electron chi connectivity index (χ4n) is 1.75. The normalized spacial score (nSPS) is 11.9. The van der Waals surface area contributed by atoms with Crippen molar-refractivity contribution in [2.24, 2.45) is 4.66 Å². The Morgan fingerprint density at radius 1 is 0.833 bits per heavy atom. The topological polar surface area (TPSA) is 12.4 Å². The summed E-state index contributed by atoms with van der Waals surface area (Å²) in [6.45, 7) is 6.73. The maximum absolute atomic E-state index is 4.73.